The number of rotatable bonds is 2. The Balaban J connectivity index is 1.94. The van der Waals surface area contributed by atoms with Crippen molar-refractivity contribution < 1.29 is 4.74 Å². The molecule has 1 N–H and O–H groups in total. The first-order valence-corrected chi connectivity index (χ1v) is 7.86. The average Bonchev–Trinajstić information content (AvgIpc) is 2.65. The van der Waals surface area contributed by atoms with E-state index in [1.807, 2.05) is 12.1 Å². The minimum atomic E-state index is -0.250. The zero-order chi connectivity index (χ0) is 14.3. The first-order valence-electron chi connectivity index (χ1n) is 6.78. The molecule has 2 nitrogen and oxygen atoms in total. The third kappa shape index (κ3) is 2.39. The summed E-state index contributed by atoms with van der Waals surface area (Å²) in [7, 11) is 0. The molecule has 0 spiro atoms. The lowest BCUT2D eigenvalue weighted by atomic mass is 9.94. The van der Waals surface area contributed by atoms with Crippen molar-refractivity contribution in [3.05, 3.63) is 57.2 Å². The SMILES string of the molecule is Cc1ccc(NC2c3ccccc3OC2(C)C)cc1I. The van der Waals surface area contributed by atoms with Gasteiger partial charge in [-0.1, -0.05) is 24.3 Å². The van der Waals surface area contributed by atoms with E-state index in [0.29, 0.717) is 0 Å². The molecule has 2 aromatic rings. The molecule has 1 aliphatic heterocycles. The first-order chi connectivity index (χ1) is 9.47. The first kappa shape index (κ1) is 13.7. The number of halogens is 1. The van der Waals surface area contributed by atoms with Gasteiger partial charge in [0, 0.05) is 14.8 Å². The van der Waals surface area contributed by atoms with E-state index in [4.69, 9.17) is 4.74 Å². The lowest BCUT2D eigenvalue weighted by Crippen LogP contribution is -2.34. The van der Waals surface area contributed by atoms with Gasteiger partial charge in [-0.15, -0.1) is 0 Å². The third-order valence-corrected chi connectivity index (χ3v) is 4.94. The highest BCUT2D eigenvalue weighted by atomic mass is 127. The fourth-order valence-electron chi connectivity index (χ4n) is 2.63. The van der Waals surface area contributed by atoms with E-state index in [-0.39, 0.29) is 11.6 Å². The summed E-state index contributed by atoms with van der Waals surface area (Å²) in [4.78, 5) is 0. The van der Waals surface area contributed by atoms with E-state index in [9.17, 15) is 0 Å². The van der Waals surface area contributed by atoms with E-state index >= 15 is 0 Å². The molecule has 0 amide bonds. The van der Waals surface area contributed by atoms with E-state index in [1.54, 1.807) is 0 Å². The number of para-hydroxylation sites is 1. The van der Waals surface area contributed by atoms with Crippen molar-refractivity contribution in [3.63, 3.8) is 0 Å². The van der Waals surface area contributed by atoms with Crippen LogP contribution in [0.2, 0.25) is 0 Å². The van der Waals surface area contributed by atoms with Gasteiger partial charge in [-0.3, -0.25) is 0 Å². The Kier molecular flexibility index (Phi) is 3.40. The number of anilines is 1. The van der Waals surface area contributed by atoms with E-state index < -0.39 is 0 Å². The molecule has 0 saturated carbocycles. The number of benzene rings is 2. The van der Waals surface area contributed by atoms with Gasteiger partial charge in [-0.25, -0.2) is 0 Å². The lowest BCUT2D eigenvalue weighted by molar-refractivity contribution is 0.118. The Labute approximate surface area is 133 Å². The fourth-order valence-corrected chi connectivity index (χ4v) is 3.14. The van der Waals surface area contributed by atoms with Crippen molar-refractivity contribution in [2.45, 2.75) is 32.4 Å². The summed E-state index contributed by atoms with van der Waals surface area (Å²) < 4.78 is 7.34. The molecule has 1 atom stereocenters. The number of aryl methyl sites for hydroxylation is 1. The second-order valence-corrected chi connectivity index (χ2v) is 6.95. The Morgan fingerprint density at radius 1 is 1.15 bits per heavy atom. The van der Waals surface area contributed by atoms with E-state index in [2.05, 4.69) is 79.0 Å². The minimum absolute atomic E-state index is 0.164. The Bertz CT molecular complexity index is 651. The zero-order valence-electron chi connectivity index (χ0n) is 11.9. The fraction of sp³-hybridized carbons (Fsp3) is 0.294. The van der Waals surface area contributed by atoms with Gasteiger partial charge < -0.3 is 10.1 Å². The zero-order valence-corrected chi connectivity index (χ0v) is 14.1. The van der Waals surface area contributed by atoms with Crippen LogP contribution in [-0.4, -0.2) is 5.60 Å². The maximum Gasteiger partial charge on any atom is 0.128 e. The molecule has 3 rings (SSSR count). The van der Waals surface area contributed by atoms with Crippen LogP contribution < -0.4 is 10.1 Å². The number of hydrogen-bond acceptors (Lipinski definition) is 2. The van der Waals surface area contributed by atoms with Crippen LogP contribution in [0.15, 0.2) is 42.5 Å². The molecule has 3 heteroatoms. The molecule has 1 aliphatic rings. The molecule has 0 fully saturated rings. The van der Waals surface area contributed by atoms with Crippen molar-refractivity contribution in [1.29, 1.82) is 0 Å². The smallest absolute Gasteiger partial charge is 0.128 e. The van der Waals surface area contributed by atoms with Crippen LogP contribution in [0.25, 0.3) is 0 Å². The normalized spacial score (nSPS) is 19.3. The van der Waals surface area contributed by atoms with Crippen LogP contribution in [0.4, 0.5) is 5.69 Å². The summed E-state index contributed by atoms with van der Waals surface area (Å²) in [5.74, 6) is 0.983. The van der Waals surface area contributed by atoms with Gasteiger partial charge in [-0.2, -0.15) is 0 Å². The molecular weight excluding hydrogens is 361 g/mol. The van der Waals surface area contributed by atoms with Crippen LogP contribution in [-0.2, 0) is 0 Å². The van der Waals surface area contributed by atoms with Crippen molar-refractivity contribution in [3.8, 4) is 5.75 Å². The van der Waals surface area contributed by atoms with Gasteiger partial charge >= 0.3 is 0 Å². The summed E-state index contributed by atoms with van der Waals surface area (Å²) in [6.45, 7) is 6.39. The van der Waals surface area contributed by atoms with Gasteiger partial charge in [0.05, 0.1) is 6.04 Å². The highest BCUT2D eigenvalue weighted by Crippen LogP contribution is 2.44. The summed E-state index contributed by atoms with van der Waals surface area (Å²) in [5.41, 5.74) is 3.42. The molecule has 104 valence electrons. The molecule has 1 unspecified atom stereocenters. The summed E-state index contributed by atoms with van der Waals surface area (Å²) in [5, 5.41) is 3.63. The van der Waals surface area contributed by atoms with Gasteiger partial charge in [0.25, 0.3) is 0 Å². The molecule has 0 aliphatic carbocycles. The second-order valence-electron chi connectivity index (χ2n) is 5.78. The van der Waals surface area contributed by atoms with E-state index in [0.717, 1.165) is 11.4 Å². The molecule has 0 aromatic heterocycles. The quantitative estimate of drug-likeness (QED) is 0.748. The topological polar surface area (TPSA) is 21.3 Å². The van der Waals surface area contributed by atoms with Crippen LogP contribution in [0, 0.1) is 10.5 Å². The monoisotopic (exact) mass is 379 g/mol. The van der Waals surface area contributed by atoms with Crippen LogP contribution >= 0.6 is 22.6 Å². The summed E-state index contributed by atoms with van der Waals surface area (Å²) >= 11 is 2.37. The Morgan fingerprint density at radius 3 is 2.65 bits per heavy atom. The molecular formula is C17H18INO. The number of nitrogens with one attached hydrogen (secondary N) is 1. The molecule has 0 saturated heterocycles. The molecule has 20 heavy (non-hydrogen) atoms. The van der Waals surface area contributed by atoms with Gasteiger partial charge in [0.15, 0.2) is 0 Å². The highest BCUT2D eigenvalue weighted by Gasteiger charge is 2.40. The number of ether oxygens (including phenoxy) is 1. The predicted molar refractivity (Wildman–Crippen MR) is 91.4 cm³/mol. The summed E-state index contributed by atoms with van der Waals surface area (Å²) in [6, 6.07) is 14.9. The number of fused-ring (bicyclic) bond motifs is 1. The molecule has 2 aromatic carbocycles. The number of hydrogen-bond donors (Lipinski definition) is 1. The Hall–Kier alpha value is -1.23. The van der Waals surface area contributed by atoms with Gasteiger partial charge in [0.2, 0.25) is 0 Å². The van der Waals surface area contributed by atoms with Gasteiger partial charge in [-0.05, 0) is 67.1 Å². The van der Waals surface area contributed by atoms with Crippen LogP contribution in [0.1, 0.15) is 31.0 Å². The van der Waals surface area contributed by atoms with Crippen molar-refractivity contribution in [2.24, 2.45) is 0 Å². The second kappa shape index (κ2) is 4.95. The minimum Gasteiger partial charge on any atom is -0.485 e. The Morgan fingerprint density at radius 2 is 1.90 bits per heavy atom. The largest absolute Gasteiger partial charge is 0.485 e. The maximum atomic E-state index is 6.07. The van der Waals surface area contributed by atoms with Crippen molar-refractivity contribution >= 4 is 28.3 Å². The van der Waals surface area contributed by atoms with E-state index in [1.165, 1.54) is 14.7 Å². The highest BCUT2D eigenvalue weighted by molar-refractivity contribution is 14.1. The van der Waals surface area contributed by atoms with Crippen LogP contribution in [0.5, 0.6) is 5.75 Å². The van der Waals surface area contributed by atoms with Crippen molar-refractivity contribution in [1.82, 2.24) is 0 Å². The predicted octanol–water partition coefficient (Wildman–Crippen LogP) is 4.92. The lowest BCUT2D eigenvalue weighted by Gasteiger charge is -2.28. The molecule has 1 heterocycles. The summed E-state index contributed by atoms with van der Waals surface area (Å²) in [6.07, 6.45) is 0. The third-order valence-electron chi connectivity index (χ3n) is 3.78. The molecule has 0 bridgehead atoms. The molecule has 0 radical (unpaired) electrons. The average molecular weight is 379 g/mol. The van der Waals surface area contributed by atoms with Gasteiger partial charge in [0.1, 0.15) is 11.4 Å². The van der Waals surface area contributed by atoms with Crippen LogP contribution in [0.3, 0.4) is 0 Å². The van der Waals surface area contributed by atoms with Crippen molar-refractivity contribution in [2.75, 3.05) is 5.32 Å². The maximum absolute atomic E-state index is 6.07. The standard InChI is InChI=1S/C17H18INO/c1-11-8-9-12(10-14(11)18)19-16-13-6-4-5-7-15(13)20-17(16,2)3/h4-10,16,19H,1-3H3.